The smallest absolute Gasteiger partial charge is 0.217 e. The Labute approximate surface area is 136 Å². The highest BCUT2D eigenvalue weighted by atomic mass is 32.2. The number of hydrogen-bond acceptors (Lipinski definition) is 4. The number of hydrogen-bond donors (Lipinski definition) is 2. The molecule has 0 radical (unpaired) electrons. The number of sulfone groups is 1. The number of aromatic hydroxyl groups is 2. The van der Waals surface area contributed by atoms with E-state index in [2.05, 4.69) is 0 Å². The Morgan fingerprint density at radius 3 is 2.26 bits per heavy atom. The van der Waals surface area contributed by atoms with Crippen LogP contribution in [0.2, 0.25) is 0 Å². The summed E-state index contributed by atoms with van der Waals surface area (Å²) in [5, 5.41) is 20.1. The van der Waals surface area contributed by atoms with E-state index in [9.17, 15) is 18.6 Å². The van der Waals surface area contributed by atoms with Gasteiger partial charge in [0, 0.05) is 6.07 Å². The first-order valence-corrected chi connectivity index (χ1v) is 9.40. The molecule has 6 heteroatoms. The molecule has 5 nitrogen and oxygen atoms in total. The van der Waals surface area contributed by atoms with E-state index >= 15 is 0 Å². The number of benzene rings is 1. The minimum atomic E-state index is -3.64. The van der Waals surface area contributed by atoms with Gasteiger partial charge in [-0.1, -0.05) is 37.0 Å². The Kier molecular flexibility index (Phi) is 4.10. The monoisotopic (exact) mass is 335 g/mol. The van der Waals surface area contributed by atoms with Crippen LogP contribution in [0.5, 0.6) is 11.8 Å². The van der Waals surface area contributed by atoms with Crippen LogP contribution in [0, 0.1) is 6.92 Å². The van der Waals surface area contributed by atoms with E-state index < -0.39 is 21.0 Å². The minimum absolute atomic E-state index is 0.178. The third kappa shape index (κ3) is 2.83. The van der Waals surface area contributed by atoms with E-state index in [1.54, 1.807) is 12.1 Å². The average molecular weight is 335 g/mol. The number of aromatic nitrogens is 1. The molecular weight excluding hydrogens is 314 g/mol. The molecule has 0 amide bonds. The molecule has 1 saturated carbocycles. The van der Waals surface area contributed by atoms with Crippen LogP contribution in [0.15, 0.2) is 35.2 Å². The zero-order valence-corrected chi connectivity index (χ0v) is 13.9. The van der Waals surface area contributed by atoms with Crippen LogP contribution < -0.4 is 0 Å². The molecule has 1 fully saturated rings. The van der Waals surface area contributed by atoms with Crippen molar-refractivity contribution in [3.05, 3.63) is 35.9 Å². The highest BCUT2D eigenvalue weighted by Crippen LogP contribution is 2.38. The lowest BCUT2D eigenvalue weighted by Gasteiger charge is -2.21. The molecule has 124 valence electrons. The molecule has 2 N–H and O–H groups in total. The van der Waals surface area contributed by atoms with Crippen molar-refractivity contribution in [2.24, 2.45) is 0 Å². The van der Waals surface area contributed by atoms with Gasteiger partial charge in [-0.05, 0) is 31.9 Å². The first kappa shape index (κ1) is 15.9. The molecule has 0 atom stereocenters. The van der Waals surface area contributed by atoms with Gasteiger partial charge < -0.3 is 10.2 Å². The van der Waals surface area contributed by atoms with Crippen LogP contribution >= 0.6 is 0 Å². The van der Waals surface area contributed by atoms with Crippen molar-refractivity contribution >= 4 is 9.84 Å². The lowest BCUT2D eigenvalue weighted by atomic mass is 10.0. The molecule has 0 bridgehead atoms. The summed E-state index contributed by atoms with van der Waals surface area (Å²) in [4.78, 5) is -0.178. The van der Waals surface area contributed by atoms with Gasteiger partial charge in [0.05, 0.1) is 10.9 Å². The van der Waals surface area contributed by atoms with Gasteiger partial charge in [0.2, 0.25) is 5.88 Å². The van der Waals surface area contributed by atoms with E-state index in [-0.39, 0.29) is 10.8 Å². The Bertz CT molecular complexity index is 800. The number of rotatable bonds is 3. The molecule has 1 heterocycles. The van der Waals surface area contributed by atoms with Crippen LogP contribution in [-0.2, 0) is 9.84 Å². The number of nitrogens with zero attached hydrogens (tertiary/aromatic N) is 1. The fraction of sp³-hybridized carbons (Fsp3) is 0.412. The molecule has 3 rings (SSSR count). The molecule has 0 aliphatic heterocycles. The van der Waals surface area contributed by atoms with Crippen molar-refractivity contribution in [2.75, 3.05) is 0 Å². The first-order valence-electron chi connectivity index (χ1n) is 7.86. The summed E-state index contributed by atoms with van der Waals surface area (Å²) in [6, 6.07) is 8.28. The quantitative estimate of drug-likeness (QED) is 0.902. The van der Waals surface area contributed by atoms with Gasteiger partial charge in [-0.25, -0.2) is 8.42 Å². The van der Waals surface area contributed by atoms with Crippen LogP contribution in [0.3, 0.4) is 0 Å². The maximum atomic E-state index is 12.8. The maximum Gasteiger partial charge on any atom is 0.217 e. The topological polar surface area (TPSA) is 79.5 Å². The largest absolute Gasteiger partial charge is 0.494 e. The minimum Gasteiger partial charge on any atom is -0.494 e. The van der Waals surface area contributed by atoms with Gasteiger partial charge in [0.25, 0.3) is 0 Å². The summed E-state index contributed by atoms with van der Waals surface area (Å²) in [6.45, 7) is 1.93. The molecule has 1 aliphatic carbocycles. The summed E-state index contributed by atoms with van der Waals surface area (Å²) in [6.07, 6.45) is 4.04. The Morgan fingerprint density at radius 2 is 1.65 bits per heavy atom. The van der Waals surface area contributed by atoms with Crippen molar-refractivity contribution in [1.29, 1.82) is 0 Å². The predicted octanol–water partition coefficient (Wildman–Crippen LogP) is 3.30. The van der Waals surface area contributed by atoms with E-state index in [1.807, 2.05) is 19.1 Å². The molecule has 1 aromatic carbocycles. The van der Waals surface area contributed by atoms with E-state index in [1.165, 1.54) is 0 Å². The van der Waals surface area contributed by atoms with Crippen LogP contribution in [-0.4, -0.2) is 28.4 Å². The maximum absolute atomic E-state index is 12.8. The summed E-state index contributed by atoms with van der Waals surface area (Å²) >= 11 is 0. The fourth-order valence-corrected chi connectivity index (χ4v) is 5.11. The molecule has 23 heavy (non-hydrogen) atoms. The molecule has 1 aromatic heterocycles. The Hall–Kier alpha value is -1.95. The average Bonchev–Trinajstić information content (AvgIpc) is 2.85. The number of aryl methyl sites for hydroxylation is 1. The highest BCUT2D eigenvalue weighted by Gasteiger charge is 2.34. The second kappa shape index (κ2) is 5.92. The zero-order chi connectivity index (χ0) is 16.6. The van der Waals surface area contributed by atoms with Crippen LogP contribution in [0.25, 0.3) is 5.69 Å². The Morgan fingerprint density at radius 1 is 1.04 bits per heavy atom. The third-order valence-electron chi connectivity index (χ3n) is 4.51. The molecule has 2 aromatic rings. The summed E-state index contributed by atoms with van der Waals surface area (Å²) < 4.78 is 26.7. The summed E-state index contributed by atoms with van der Waals surface area (Å²) in [5.41, 5.74) is 1.56. The second-order valence-corrected chi connectivity index (χ2v) is 8.36. The fourth-order valence-electron chi connectivity index (χ4n) is 3.18. The van der Waals surface area contributed by atoms with E-state index in [4.69, 9.17) is 0 Å². The van der Waals surface area contributed by atoms with Gasteiger partial charge in [-0.3, -0.25) is 4.57 Å². The van der Waals surface area contributed by atoms with Crippen molar-refractivity contribution < 1.29 is 18.6 Å². The van der Waals surface area contributed by atoms with Crippen molar-refractivity contribution in [3.63, 3.8) is 0 Å². The predicted molar refractivity (Wildman–Crippen MR) is 87.9 cm³/mol. The Balaban J connectivity index is 2.05. The molecule has 0 unspecified atom stereocenters. The molecule has 0 spiro atoms. The standard InChI is InChI=1S/C17H21NO4S/c1-12-7-9-13(10-8-12)18-16(19)11-15(17(18)20)23(21,22)14-5-3-2-4-6-14/h7-11,14,19-20H,2-6H2,1H3. The molecular formula is C17H21NO4S. The molecule has 0 saturated heterocycles. The van der Waals surface area contributed by atoms with Gasteiger partial charge in [-0.15, -0.1) is 0 Å². The SMILES string of the molecule is Cc1ccc(-n2c(O)cc(S(=O)(=O)C3CCCCC3)c2O)cc1. The van der Waals surface area contributed by atoms with Gasteiger partial charge in [0.15, 0.2) is 15.7 Å². The third-order valence-corrected chi connectivity index (χ3v) is 6.77. The van der Waals surface area contributed by atoms with E-state index in [0.29, 0.717) is 18.5 Å². The van der Waals surface area contributed by atoms with Crippen molar-refractivity contribution in [2.45, 2.75) is 49.2 Å². The first-order chi connectivity index (χ1) is 10.9. The normalized spacial score (nSPS) is 16.6. The second-order valence-electron chi connectivity index (χ2n) is 6.17. The highest BCUT2D eigenvalue weighted by molar-refractivity contribution is 7.92. The van der Waals surface area contributed by atoms with Crippen LogP contribution in [0.1, 0.15) is 37.7 Å². The van der Waals surface area contributed by atoms with E-state index in [0.717, 1.165) is 35.5 Å². The summed E-state index contributed by atoms with van der Waals surface area (Å²) in [5.74, 6) is -0.697. The van der Waals surface area contributed by atoms with Gasteiger partial charge >= 0.3 is 0 Å². The lowest BCUT2D eigenvalue weighted by Crippen LogP contribution is -2.23. The lowest BCUT2D eigenvalue weighted by molar-refractivity contribution is 0.397. The zero-order valence-electron chi connectivity index (χ0n) is 13.1. The van der Waals surface area contributed by atoms with Crippen LogP contribution in [0.4, 0.5) is 0 Å². The van der Waals surface area contributed by atoms with Gasteiger partial charge in [-0.2, -0.15) is 0 Å². The van der Waals surface area contributed by atoms with Crippen molar-refractivity contribution in [3.8, 4) is 17.4 Å². The molecule has 1 aliphatic rings. The summed E-state index contributed by atoms with van der Waals surface area (Å²) in [7, 11) is -3.64. The van der Waals surface area contributed by atoms with Gasteiger partial charge in [0.1, 0.15) is 4.90 Å². The van der Waals surface area contributed by atoms with Crippen molar-refractivity contribution in [1.82, 2.24) is 4.57 Å².